The van der Waals surface area contributed by atoms with Crippen molar-refractivity contribution in [1.82, 2.24) is 15.3 Å². The van der Waals surface area contributed by atoms with Crippen LogP contribution < -0.4 is 5.32 Å². The van der Waals surface area contributed by atoms with Gasteiger partial charge >= 0.3 is 24.5 Å². The molecule has 38 heavy (non-hydrogen) atoms. The zero-order valence-corrected chi connectivity index (χ0v) is 18.9. The molecule has 2 aromatic heterocycles. The van der Waals surface area contributed by atoms with Crippen LogP contribution in [0.25, 0.3) is 0 Å². The lowest BCUT2D eigenvalue weighted by molar-refractivity contribution is -0.192. The molecule has 1 atom stereocenters. The van der Waals surface area contributed by atoms with E-state index in [2.05, 4.69) is 15.3 Å². The first-order chi connectivity index (χ1) is 17.4. The van der Waals surface area contributed by atoms with Gasteiger partial charge in [0.05, 0.1) is 28.4 Å². The van der Waals surface area contributed by atoms with E-state index in [1.54, 1.807) is 6.92 Å². The van der Waals surface area contributed by atoms with E-state index in [1.807, 2.05) is 0 Å². The summed E-state index contributed by atoms with van der Waals surface area (Å²) in [6.45, 7) is 1.68. The maximum atomic E-state index is 13.5. The maximum absolute atomic E-state index is 13.5. The molecule has 0 saturated heterocycles. The van der Waals surface area contributed by atoms with Crippen LogP contribution in [-0.4, -0.2) is 33.1 Å². The van der Waals surface area contributed by atoms with Crippen LogP contribution >= 0.6 is 0 Å². The van der Waals surface area contributed by atoms with Crippen LogP contribution in [0.5, 0.6) is 0 Å². The van der Waals surface area contributed by atoms with Gasteiger partial charge in [0.1, 0.15) is 0 Å². The van der Waals surface area contributed by atoms with Crippen molar-refractivity contribution >= 4 is 11.9 Å². The van der Waals surface area contributed by atoms with E-state index in [0.29, 0.717) is 5.56 Å². The lowest BCUT2D eigenvalue weighted by Crippen LogP contribution is -2.32. The molecule has 2 N–H and O–H groups in total. The van der Waals surface area contributed by atoms with Gasteiger partial charge in [0.25, 0.3) is 5.91 Å². The van der Waals surface area contributed by atoms with E-state index in [-0.39, 0.29) is 11.1 Å². The topological polar surface area (TPSA) is 92.2 Å². The van der Waals surface area contributed by atoms with Gasteiger partial charge in [0, 0.05) is 18.6 Å². The standard InChI is InChI=1S/C21H15F6N3O.C2HF3O2/c1-12-9-14(11-28-10-12)19(31)30-17(13-4-6-15(7-5-13)20(22,23)24)18-16(21(25,26)27)3-2-8-29-18;3-2(4,5)1(6)7/h2-11,17H,1H3,(H,30,31);(H,6,7)/t17-;/m0./s1. The quantitative estimate of drug-likeness (QED) is 0.388. The number of hydrogen-bond acceptors (Lipinski definition) is 4. The number of aliphatic carboxylic acids is 1. The van der Waals surface area contributed by atoms with Crippen molar-refractivity contribution in [2.45, 2.75) is 31.5 Å². The molecule has 6 nitrogen and oxygen atoms in total. The number of nitrogens with one attached hydrogen (secondary N) is 1. The molecule has 1 amide bonds. The number of carboxylic acid groups (broad SMARTS) is 1. The third kappa shape index (κ3) is 8.18. The summed E-state index contributed by atoms with van der Waals surface area (Å²) in [5.74, 6) is -3.51. The Morgan fingerprint density at radius 3 is 1.95 bits per heavy atom. The molecule has 0 saturated carbocycles. The van der Waals surface area contributed by atoms with Crippen molar-refractivity contribution in [3.8, 4) is 0 Å². The van der Waals surface area contributed by atoms with E-state index in [9.17, 15) is 44.3 Å². The highest BCUT2D eigenvalue weighted by Gasteiger charge is 2.39. The SMILES string of the molecule is Cc1cncc(C(=O)N[C@@H](c2ccc(C(F)(F)F)cc2)c2ncccc2C(F)(F)F)c1.O=C(O)C(F)(F)F. The molecule has 204 valence electrons. The van der Waals surface area contributed by atoms with Gasteiger partial charge in [-0.1, -0.05) is 12.1 Å². The van der Waals surface area contributed by atoms with Crippen LogP contribution in [0.1, 0.15) is 44.3 Å². The van der Waals surface area contributed by atoms with Gasteiger partial charge in [0.2, 0.25) is 0 Å². The molecule has 3 aromatic rings. The molecular weight excluding hydrogens is 537 g/mol. The minimum absolute atomic E-state index is 0.00571. The highest BCUT2D eigenvalue weighted by molar-refractivity contribution is 5.94. The van der Waals surface area contributed by atoms with E-state index in [4.69, 9.17) is 9.90 Å². The van der Waals surface area contributed by atoms with Crippen molar-refractivity contribution in [3.63, 3.8) is 0 Å². The van der Waals surface area contributed by atoms with Gasteiger partial charge in [-0.15, -0.1) is 0 Å². The van der Waals surface area contributed by atoms with E-state index in [1.165, 1.54) is 18.5 Å². The van der Waals surface area contributed by atoms with Crippen molar-refractivity contribution in [3.05, 3.63) is 94.6 Å². The molecule has 0 aliphatic heterocycles. The first-order valence-electron chi connectivity index (χ1n) is 10.1. The number of halogens is 9. The van der Waals surface area contributed by atoms with E-state index < -0.39 is 53.3 Å². The summed E-state index contributed by atoms with van der Waals surface area (Å²) in [7, 11) is 0. The lowest BCUT2D eigenvalue weighted by Gasteiger charge is -2.23. The lowest BCUT2D eigenvalue weighted by atomic mass is 9.97. The Kier molecular flexibility index (Phi) is 9.08. The van der Waals surface area contributed by atoms with Crippen molar-refractivity contribution < 1.29 is 54.2 Å². The predicted octanol–water partition coefficient (Wildman–Crippen LogP) is 5.98. The Hall–Kier alpha value is -4.17. The number of aryl methyl sites for hydroxylation is 1. The number of alkyl halides is 9. The van der Waals surface area contributed by atoms with E-state index in [0.717, 1.165) is 42.6 Å². The Labute approximate surface area is 208 Å². The second-order valence-electron chi connectivity index (χ2n) is 7.51. The fraction of sp³-hybridized carbons (Fsp3) is 0.217. The number of nitrogens with zero attached hydrogens (tertiary/aromatic N) is 2. The highest BCUT2D eigenvalue weighted by Crippen LogP contribution is 2.36. The molecule has 1 aromatic carbocycles. The summed E-state index contributed by atoms with van der Waals surface area (Å²) in [6.07, 6.45) is -10.7. The zero-order valence-electron chi connectivity index (χ0n) is 18.9. The number of carboxylic acids is 1. The average Bonchev–Trinajstić information content (AvgIpc) is 2.81. The molecule has 0 spiro atoms. The summed E-state index contributed by atoms with van der Waals surface area (Å²) >= 11 is 0. The second-order valence-corrected chi connectivity index (χ2v) is 7.51. The van der Waals surface area contributed by atoms with Crippen LogP contribution in [0.15, 0.2) is 61.1 Å². The van der Waals surface area contributed by atoms with Crippen molar-refractivity contribution in [2.75, 3.05) is 0 Å². The molecule has 0 bridgehead atoms. The normalized spacial score (nSPS) is 12.7. The van der Waals surface area contributed by atoms with Crippen LogP contribution in [0.4, 0.5) is 39.5 Å². The minimum Gasteiger partial charge on any atom is -0.475 e. The third-order valence-electron chi connectivity index (χ3n) is 4.64. The second kappa shape index (κ2) is 11.5. The van der Waals surface area contributed by atoms with Crippen LogP contribution in [0.3, 0.4) is 0 Å². The van der Waals surface area contributed by atoms with Gasteiger partial charge < -0.3 is 10.4 Å². The van der Waals surface area contributed by atoms with Gasteiger partial charge in [-0.25, -0.2) is 4.79 Å². The Balaban J connectivity index is 0.000000638. The number of amides is 1. The Bertz CT molecular complexity index is 1270. The van der Waals surface area contributed by atoms with Crippen molar-refractivity contribution in [2.24, 2.45) is 0 Å². The Morgan fingerprint density at radius 1 is 0.895 bits per heavy atom. The summed E-state index contributed by atoms with van der Waals surface area (Å²) in [4.78, 5) is 29.3. The number of pyridine rings is 2. The van der Waals surface area contributed by atoms with Crippen LogP contribution in [0.2, 0.25) is 0 Å². The fourth-order valence-electron chi connectivity index (χ4n) is 2.95. The number of aromatic nitrogens is 2. The van der Waals surface area contributed by atoms with Gasteiger partial charge in [-0.2, -0.15) is 39.5 Å². The average molecular weight is 553 g/mol. The molecule has 3 rings (SSSR count). The molecule has 0 aliphatic carbocycles. The van der Waals surface area contributed by atoms with Gasteiger partial charge in [0.15, 0.2) is 0 Å². The van der Waals surface area contributed by atoms with E-state index >= 15 is 0 Å². The highest BCUT2D eigenvalue weighted by atomic mass is 19.4. The van der Waals surface area contributed by atoms with Gasteiger partial charge in [-0.3, -0.25) is 14.8 Å². The number of benzene rings is 1. The first kappa shape index (κ1) is 30.1. The fourth-order valence-corrected chi connectivity index (χ4v) is 2.95. The molecule has 2 heterocycles. The van der Waals surface area contributed by atoms with Gasteiger partial charge in [-0.05, 0) is 48.4 Å². The molecule has 0 fully saturated rings. The maximum Gasteiger partial charge on any atom is 0.490 e. The molecule has 15 heteroatoms. The summed E-state index contributed by atoms with van der Waals surface area (Å²) in [5.41, 5.74) is -1.88. The summed E-state index contributed by atoms with van der Waals surface area (Å²) in [5, 5.41) is 9.57. The molecule has 0 unspecified atom stereocenters. The zero-order chi connectivity index (χ0) is 28.9. The molecule has 0 aliphatic rings. The first-order valence-corrected chi connectivity index (χ1v) is 10.1. The predicted molar refractivity (Wildman–Crippen MR) is 113 cm³/mol. The molecule has 0 radical (unpaired) electrons. The monoisotopic (exact) mass is 553 g/mol. The van der Waals surface area contributed by atoms with Crippen LogP contribution in [0, 0.1) is 6.92 Å². The summed E-state index contributed by atoms with van der Waals surface area (Å²) in [6, 6.07) is 5.40. The molecular formula is C23H16F9N3O3. The number of carbonyl (C=O) groups excluding carboxylic acids is 1. The third-order valence-corrected chi connectivity index (χ3v) is 4.64. The largest absolute Gasteiger partial charge is 0.490 e. The number of rotatable bonds is 4. The smallest absolute Gasteiger partial charge is 0.475 e. The number of carbonyl (C=O) groups is 2. The summed E-state index contributed by atoms with van der Waals surface area (Å²) < 4.78 is 111. The Morgan fingerprint density at radius 2 is 1.47 bits per heavy atom. The van der Waals surface area contributed by atoms with Crippen molar-refractivity contribution in [1.29, 1.82) is 0 Å². The number of hydrogen-bond donors (Lipinski definition) is 2. The van der Waals surface area contributed by atoms with Crippen LogP contribution in [-0.2, 0) is 17.1 Å². The minimum atomic E-state index is -5.08.